The summed E-state index contributed by atoms with van der Waals surface area (Å²) in [7, 11) is 0. The van der Waals surface area contributed by atoms with Gasteiger partial charge in [-0.25, -0.2) is 0 Å². The first-order valence-electron chi connectivity index (χ1n) is 20.8. The molecule has 0 saturated heterocycles. The highest BCUT2D eigenvalue weighted by atomic mass is 16.5. The van der Waals surface area contributed by atoms with Crippen molar-refractivity contribution >= 4 is 11.8 Å². The second kappa shape index (κ2) is 22.3. The number of carbonyl (C=O) groups excluding carboxylic acids is 2. The second-order valence-electron chi connectivity index (χ2n) is 15.9. The standard InChI is InChI=1S/C46H67N3O8/c1-5-46(21-8-9-22-46)49(27-31-53)43(55)41-12-7-6-11-36(41)15-18-39(54)34-37-14-13-35(2)33-42(37)44(56)48(26-30-52)45(3,4)38-16-19-40(20-17-38)57-32-10-23-47(24-28-50)25-29-51/h6-7,11-14,16-17,19-20,33,39,50-54H,5,8-10,15,18,21-32,34H2,1-4H3. The topological polar surface area (TPSA) is 154 Å². The van der Waals surface area contributed by atoms with Gasteiger partial charge in [-0.2, -0.15) is 0 Å². The van der Waals surface area contributed by atoms with Crippen LogP contribution in [0.5, 0.6) is 5.75 Å². The Hall–Kier alpha value is -3.84. The van der Waals surface area contributed by atoms with Crippen LogP contribution in [0.3, 0.4) is 0 Å². The molecule has 1 fully saturated rings. The highest BCUT2D eigenvalue weighted by Crippen LogP contribution is 2.39. The molecule has 1 saturated carbocycles. The zero-order valence-electron chi connectivity index (χ0n) is 34.7. The minimum absolute atomic E-state index is 0.0349. The Morgan fingerprint density at radius 3 is 2.07 bits per heavy atom. The van der Waals surface area contributed by atoms with E-state index in [0.29, 0.717) is 61.5 Å². The maximum absolute atomic E-state index is 14.5. The van der Waals surface area contributed by atoms with Crippen LogP contribution in [0.15, 0.2) is 66.7 Å². The van der Waals surface area contributed by atoms with E-state index in [9.17, 15) is 35.1 Å². The number of rotatable bonds is 24. The molecular formula is C46H67N3O8. The lowest BCUT2D eigenvalue weighted by molar-refractivity contribution is 0.0397. The number of benzene rings is 3. The van der Waals surface area contributed by atoms with E-state index in [0.717, 1.165) is 55.2 Å². The predicted molar refractivity (Wildman–Crippen MR) is 224 cm³/mol. The second-order valence-corrected chi connectivity index (χ2v) is 15.9. The molecule has 3 aromatic carbocycles. The number of carbonyl (C=O) groups is 2. The van der Waals surface area contributed by atoms with Gasteiger partial charge in [0.15, 0.2) is 0 Å². The Kier molecular flexibility index (Phi) is 18.0. The SMILES string of the molecule is CCC1(N(CCO)C(=O)c2ccccc2CCC(O)Cc2ccc(C)cc2C(=O)N(CCO)C(C)(C)c2ccc(OCCCN(CCO)CCO)cc2)CCCC1. The minimum Gasteiger partial charge on any atom is -0.494 e. The zero-order valence-corrected chi connectivity index (χ0v) is 34.7. The van der Waals surface area contributed by atoms with Crippen molar-refractivity contribution < 1.29 is 39.9 Å². The first-order valence-corrected chi connectivity index (χ1v) is 20.8. The van der Waals surface area contributed by atoms with Gasteiger partial charge in [0, 0.05) is 49.4 Å². The van der Waals surface area contributed by atoms with Crippen molar-refractivity contribution in [2.45, 2.75) is 103 Å². The average molecular weight is 790 g/mol. The summed E-state index contributed by atoms with van der Waals surface area (Å²) in [5.74, 6) is 0.371. The molecule has 0 aliphatic heterocycles. The summed E-state index contributed by atoms with van der Waals surface area (Å²) in [6.07, 6.45) is 5.89. The van der Waals surface area contributed by atoms with Gasteiger partial charge in [0.1, 0.15) is 5.75 Å². The number of hydrogen-bond acceptors (Lipinski definition) is 9. The van der Waals surface area contributed by atoms with Gasteiger partial charge >= 0.3 is 0 Å². The number of aliphatic hydroxyl groups is 5. The molecule has 1 aliphatic carbocycles. The molecule has 1 aliphatic rings. The summed E-state index contributed by atoms with van der Waals surface area (Å²) in [6.45, 7) is 10.3. The molecule has 11 nitrogen and oxygen atoms in total. The largest absolute Gasteiger partial charge is 0.494 e. The summed E-state index contributed by atoms with van der Waals surface area (Å²) in [4.78, 5) is 34.1. The average Bonchev–Trinajstić information content (AvgIpc) is 3.70. The van der Waals surface area contributed by atoms with Crippen LogP contribution in [0.4, 0.5) is 0 Å². The smallest absolute Gasteiger partial charge is 0.254 e. The van der Waals surface area contributed by atoms with Gasteiger partial charge in [-0.15, -0.1) is 0 Å². The van der Waals surface area contributed by atoms with Crippen molar-refractivity contribution in [2.75, 3.05) is 65.8 Å². The van der Waals surface area contributed by atoms with E-state index in [1.54, 1.807) is 4.90 Å². The summed E-state index contributed by atoms with van der Waals surface area (Å²) >= 11 is 0. The fraction of sp³-hybridized carbons (Fsp3) is 0.565. The lowest BCUT2D eigenvalue weighted by Gasteiger charge is -2.41. The third-order valence-corrected chi connectivity index (χ3v) is 11.8. The third-order valence-electron chi connectivity index (χ3n) is 11.8. The van der Waals surface area contributed by atoms with Gasteiger partial charge in [0.05, 0.1) is 44.7 Å². The number of aliphatic hydroxyl groups excluding tert-OH is 5. The number of β-amino-alcohol motifs (C(OH)–C–C–N with tert-alkyl or cyclic N) is 1. The first kappa shape index (κ1) is 45.9. The molecule has 0 aromatic heterocycles. The van der Waals surface area contributed by atoms with Crippen LogP contribution in [0.2, 0.25) is 0 Å². The molecule has 0 heterocycles. The number of ether oxygens (including phenoxy) is 1. The van der Waals surface area contributed by atoms with Crippen molar-refractivity contribution in [2.24, 2.45) is 0 Å². The van der Waals surface area contributed by atoms with Gasteiger partial charge in [0.25, 0.3) is 11.8 Å². The lowest BCUT2D eigenvalue weighted by Crippen LogP contribution is -2.51. The maximum atomic E-state index is 14.5. The van der Waals surface area contributed by atoms with Crippen molar-refractivity contribution in [1.82, 2.24) is 14.7 Å². The van der Waals surface area contributed by atoms with Crippen molar-refractivity contribution in [3.8, 4) is 5.75 Å². The molecule has 57 heavy (non-hydrogen) atoms. The van der Waals surface area contributed by atoms with Crippen molar-refractivity contribution in [1.29, 1.82) is 0 Å². The van der Waals surface area contributed by atoms with E-state index in [1.807, 2.05) is 97.3 Å². The summed E-state index contributed by atoms with van der Waals surface area (Å²) in [6, 6.07) is 20.8. The molecule has 3 aromatic rings. The maximum Gasteiger partial charge on any atom is 0.254 e. The lowest BCUT2D eigenvalue weighted by atomic mass is 9.89. The van der Waals surface area contributed by atoms with Crippen LogP contribution < -0.4 is 4.74 Å². The van der Waals surface area contributed by atoms with Crippen LogP contribution in [0.1, 0.15) is 109 Å². The molecular weight excluding hydrogens is 723 g/mol. The normalized spacial score (nSPS) is 14.5. The van der Waals surface area contributed by atoms with Crippen LogP contribution in [-0.2, 0) is 18.4 Å². The van der Waals surface area contributed by atoms with E-state index in [1.165, 1.54) is 0 Å². The van der Waals surface area contributed by atoms with Gasteiger partial charge in [-0.1, -0.05) is 67.8 Å². The number of aryl methyl sites for hydroxylation is 2. The molecule has 4 rings (SSSR count). The minimum atomic E-state index is -0.803. The Morgan fingerprint density at radius 1 is 0.789 bits per heavy atom. The van der Waals surface area contributed by atoms with E-state index in [4.69, 9.17) is 4.74 Å². The molecule has 0 radical (unpaired) electrons. The summed E-state index contributed by atoms with van der Waals surface area (Å²) in [5, 5.41) is 50.0. The molecule has 0 bridgehead atoms. The zero-order chi connectivity index (χ0) is 41.4. The number of hydrogen-bond donors (Lipinski definition) is 5. The van der Waals surface area contributed by atoms with Crippen LogP contribution in [0, 0.1) is 6.92 Å². The van der Waals surface area contributed by atoms with Crippen LogP contribution in [0.25, 0.3) is 0 Å². The van der Waals surface area contributed by atoms with Crippen molar-refractivity contribution in [3.63, 3.8) is 0 Å². The Labute approximate surface area is 339 Å². The van der Waals surface area contributed by atoms with Gasteiger partial charge in [-0.3, -0.25) is 14.5 Å². The molecule has 1 unspecified atom stereocenters. The summed E-state index contributed by atoms with van der Waals surface area (Å²) in [5.41, 5.74) is 3.36. The molecule has 314 valence electrons. The summed E-state index contributed by atoms with van der Waals surface area (Å²) < 4.78 is 5.96. The van der Waals surface area contributed by atoms with E-state index in [2.05, 4.69) is 6.92 Å². The molecule has 5 N–H and O–H groups in total. The van der Waals surface area contributed by atoms with Gasteiger partial charge in [0.2, 0.25) is 0 Å². The highest BCUT2D eigenvalue weighted by Gasteiger charge is 2.41. The van der Waals surface area contributed by atoms with E-state index in [-0.39, 0.29) is 63.3 Å². The van der Waals surface area contributed by atoms with Crippen LogP contribution >= 0.6 is 0 Å². The monoisotopic (exact) mass is 789 g/mol. The third kappa shape index (κ3) is 12.1. The van der Waals surface area contributed by atoms with Crippen molar-refractivity contribution in [3.05, 3.63) is 100 Å². The fourth-order valence-corrected chi connectivity index (χ4v) is 8.43. The van der Waals surface area contributed by atoms with E-state index >= 15 is 0 Å². The highest BCUT2D eigenvalue weighted by molar-refractivity contribution is 5.97. The Morgan fingerprint density at radius 2 is 1.44 bits per heavy atom. The predicted octanol–water partition coefficient (Wildman–Crippen LogP) is 5.11. The molecule has 1 atom stereocenters. The van der Waals surface area contributed by atoms with Gasteiger partial charge in [-0.05, 0) is 107 Å². The molecule has 2 amide bonds. The molecule has 0 spiro atoms. The first-order chi connectivity index (χ1) is 27.4. The van der Waals surface area contributed by atoms with Gasteiger partial charge < -0.3 is 40.1 Å². The number of nitrogens with zero attached hydrogens (tertiary/aromatic N) is 3. The quantitative estimate of drug-likeness (QED) is 0.0780. The number of amides is 2. The Bertz CT molecular complexity index is 1690. The fourth-order valence-electron chi connectivity index (χ4n) is 8.43. The van der Waals surface area contributed by atoms with Crippen LogP contribution in [-0.4, -0.2) is 129 Å². The van der Waals surface area contributed by atoms with E-state index < -0.39 is 11.6 Å². The molecule has 11 heteroatoms. The Balaban J connectivity index is 1.46.